The number of carboxylic acid groups (broad SMARTS) is 1. The van der Waals surface area contributed by atoms with Gasteiger partial charge < -0.3 is 14.7 Å². The SMILES string of the molecule is C[C@@H]1CN(CCCOc2ccccc2)C[C@H]1C(=O)O. The maximum atomic E-state index is 11.0. The van der Waals surface area contributed by atoms with Gasteiger partial charge in [0, 0.05) is 19.6 Å². The first-order chi connectivity index (χ1) is 9.16. The fraction of sp³-hybridized carbons (Fsp3) is 0.533. The van der Waals surface area contributed by atoms with E-state index in [4.69, 9.17) is 9.84 Å². The van der Waals surface area contributed by atoms with Gasteiger partial charge in [-0.1, -0.05) is 25.1 Å². The minimum absolute atomic E-state index is 0.213. The summed E-state index contributed by atoms with van der Waals surface area (Å²) in [6, 6.07) is 9.76. The van der Waals surface area contributed by atoms with Crippen LogP contribution < -0.4 is 4.74 Å². The van der Waals surface area contributed by atoms with Crippen LogP contribution in [-0.2, 0) is 4.79 Å². The lowest BCUT2D eigenvalue weighted by atomic mass is 9.99. The maximum Gasteiger partial charge on any atom is 0.308 e. The standard InChI is InChI=1S/C15H21NO3/c1-12-10-16(11-14(12)15(17)18)8-5-9-19-13-6-3-2-4-7-13/h2-4,6-7,12,14H,5,8-11H2,1H3,(H,17,18)/t12-,14-/m1/s1. The summed E-state index contributed by atoms with van der Waals surface area (Å²) in [5, 5.41) is 9.07. The van der Waals surface area contributed by atoms with Crippen LogP contribution in [0, 0.1) is 11.8 Å². The molecular formula is C15H21NO3. The molecule has 2 atom stereocenters. The van der Waals surface area contributed by atoms with Gasteiger partial charge in [0.05, 0.1) is 12.5 Å². The van der Waals surface area contributed by atoms with Crippen LogP contribution in [-0.4, -0.2) is 42.2 Å². The number of carboxylic acids is 1. The van der Waals surface area contributed by atoms with E-state index in [0.717, 1.165) is 25.3 Å². The summed E-state index contributed by atoms with van der Waals surface area (Å²) in [5.41, 5.74) is 0. The van der Waals surface area contributed by atoms with E-state index >= 15 is 0 Å². The molecule has 0 aromatic heterocycles. The third kappa shape index (κ3) is 3.96. The van der Waals surface area contributed by atoms with Crippen molar-refractivity contribution in [3.63, 3.8) is 0 Å². The van der Waals surface area contributed by atoms with E-state index < -0.39 is 5.97 Å². The quantitative estimate of drug-likeness (QED) is 0.799. The average Bonchev–Trinajstić information content (AvgIpc) is 2.77. The van der Waals surface area contributed by atoms with Gasteiger partial charge in [-0.15, -0.1) is 0 Å². The first-order valence-corrected chi connectivity index (χ1v) is 6.80. The Morgan fingerprint density at radius 2 is 2.11 bits per heavy atom. The van der Waals surface area contributed by atoms with Crippen LogP contribution in [0.25, 0.3) is 0 Å². The van der Waals surface area contributed by atoms with Gasteiger partial charge in [-0.2, -0.15) is 0 Å². The molecule has 4 heteroatoms. The van der Waals surface area contributed by atoms with Crippen molar-refractivity contribution in [1.82, 2.24) is 4.90 Å². The lowest BCUT2D eigenvalue weighted by Crippen LogP contribution is -2.25. The normalized spacial score (nSPS) is 23.4. The number of likely N-dealkylation sites (tertiary alicyclic amines) is 1. The van der Waals surface area contributed by atoms with Crippen molar-refractivity contribution in [3.8, 4) is 5.75 Å². The van der Waals surface area contributed by atoms with Crippen LogP contribution in [0.3, 0.4) is 0 Å². The Bertz CT molecular complexity index is 407. The minimum Gasteiger partial charge on any atom is -0.494 e. The van der Waals surface area contributed by atoms with Gasteiger partial charge in [0.25, 0.3) is 0 Å². The minimum atomic E-state index is -0.671. The van der Waals surface area contributed by atoms with E-state index in [1.165, 1.54) is 0 Å². The summed E-state index contributed by atoms with van der Waals surface area (Å²) >= 11 is 0. The van der Waals surface area contributed by atoms with Crippen molar-refractivity contribution in [3.05, 3.63) is 30.3 Å². The Morgan fingerprint density at radius 3 is 2.74 bits per heavy atom. The fourth-order valence-corrected chi connectivity index (χ4v) is 2.57. The second-order valence-corrected chi connectivity index (χ2v) is 5.20. The molecule has 1 saturated heterocycles. The molecule has 1 N–H and O–H groups in total. The molecule has 1 aromatic rings. The van der Waals surface area contributed by atoms with Gasteiger partial charge in [-0.25, -0.2) is 0 Å². The second-order valence-electron chi connectivity index (χ2n) is 5.20. The maximum absolute atomic E-state index is 11.0. The molecule has 19 heavy (non-hydrogen) atoms. The molecular weight excluding hydrogens is 242 g/mol. The molecule has 0 saturated carbocycles. The lowest BCUT2D eigenvalue weighted by molar-refractivity contribution is -0.142. The molecule has 1 aliphatic heterocycles. The van der Waals surface area contributed by atoms with E-state index in [-0.39, 0.29) is 11.8 Å². The van der Waals surface area contributed by atoms with Gasteiger partial charge in [0.15, 0.2) is 0 Å². The summed E-state index contributed by atoms with van der Waals surface area (Å²) < 4.78 is 5.62. The van der Waals surface area contributed by atoms with Crippen LogP contribution >= 0.6 is 0 Å². The molecule has 0 bridgehead atoms. The first-order valence-electron chi connectivity index (χ1n) is 6.80. The van der Waals surface area contributed by atoms with Gasteiger partial charge >= 0.3 is 5.97 Å². The highest BCUT2D eigenvalue weighted by atomic mass is 16.5. The van der Waals surface area contributed by atoms with Crippen molar-refractivity contribution in [2.75, 3.05) is 26.2 Å². The van der Waals surface area contributed by atoms with Gasteiger partial charge in [0.2, 0.25) is 0 Å². The van der Waals surface area contributed by atoms with Crippen LogP contribution in [0.1, 0.15) is 13.3 Å². The molecule has 0 radical (unpaired) electrons. The number of benzene rings is 1. The van der Waals surface area contributed by atoms with E-state index in [2.05, 4.69) is 4.90 Å². The summed E-state index contributed by atoms with van der Waals surface area (Å²) in [7, 11) is 0. The molecule has 0 unspecified atom stereocenters. The molecule has 0 aliphatic carbocycles. The number of carbonyl (C=O) groups is 1. The average molecular weight is 263 g/mol. The highest BCUT2D eigenvalue weighted by molar-refractivity contribution is 5.71. The second kappa shape index (κ2) is 6.57. The van der Waals surface area contributed by atoms with Crippen molar-refractivity contribution in [2.45, 2.75) is 13.3 Å². The predicted octanol–water partition coefficient (Wildman–Crippen LogP) is 2.11. The largest absolute Gasteiger partial charge is 0.494 e. The van der Waals surface area contributed by atoms with Gasteiger partial charge in [-0.05, 0) is 24.5 Å². The molecule has 1 aliphatic rings. The zero-order chi connectivity index (χ0) is 13.7. The van der Waals surface area contributed by atoms with E-state index in [1.807, 2.05) is 37.3 Å². The Labute approximate surface area is 114 Å². The third-order valence-electron chi connectivity index (χ3n) is 3.64. The number of para-hydroxylation sites is 1. The van der Waals surface area contributed by atoms with Gasteiger partial charge in [0.1, 0.15) is 5.75 Å². The summed E-state index contributed by atoms with van der Waals surface area (Å²) in [6.45, 7) is 5.14. The summed E-state index contributed by atoms with van der Waals surface area (Å²) in [6.07, 6.45) is 0.925. The molecule has 104 valence electrons. The van der Waals surface area contributed by atoms with Crippen LogP contribution in [0.5, 0.6) is 5.75 Å². The summed E-state index contributed by atoms with van der Waals surface area (Å²) in [5.74, 6) is 0.249. The number of hydrogen-bond donors (Lipinski definition) is 1. The first kappa shape index (κ1) is 13.9. The highest BCUT2D eigenvalue weighted by Crippen LogP contribution is 2.23. The van der Waals surface area contributed by atoms with E-state index in [0.29, 0.717) is 13.2 Å². The number of hydrogen-bond acceptors (Lipinski definition) is 3. The summed E-state index contributed by atoms with van der Waals surface area (Å²) in [4.78, 5) is 13.2. The molecule has 0 amide bonds. The van der Waals surface area contributed by atoms with Crippen molar-refractivity contribution >= 4 is 5.97 Å². The Hall–Kier alpha value is -1.55. The van der Waals surface area contributed by atoms with Crippen LogP contribution in [0.15, 0.2) is 30.3 Å². The van der Waals surface area contributed by atoms with Crippen molar-refractivity contribution in [2.24, 2.45) is 11.8 Å². The number of nitrogens with zero attached hydrogens (tertiary/aromatic N) is 1. The number of ether oxygens (including phenoxy) is 1. The highest BCUT2D eigenvalue weighted by Gasteiger charge is 2.34. The Morgan fingerprint density at radius 1 is 1.37 bits per heavy atom. The Kier molecular flexibility index (Phi) is 4.80. The van der Waals surface area contributed by atoms with E-state index in [9.17, 15) is 4.79 Å². The predicted molar refractivity (Wildman–Crippen MR) is 73.3 cm³/mol. The molecule has 0 spiro atoms. The number of aliphatic carboxylic acids is 1. The molecule has 1 fully saturated rings. The lowest BCUT2D eigenvalue weighted by Gasteiger charge is -2.15. The van der Waals surface area contributed by atoms with Crippen LogP contribution in [0.2, 0.25) is 0 Å². The topological polar surface area (TPSA) is 49.8 Å². The number of rotatable bonds is 6. The van der Waals surface area contributed by atoms with Crippen molar-refractivity contribution < 1.29 is 14.6 Å². The molecule has 1 heterocycles. The molecule has 2 rings (SSSR count). The Balaban J connectivity index is 1.66. The third-order valence-corrected chi connectivity index (χ3v) is 3.64. The zero-order valence-electron chi connectivity index (χ0n) is 11.3. The fourth-order valence-electron chi connectivity index (χ4n) is 2.57. The van der Waals surface area contributed by atoms with Crippen molar-refractivity contribution in [1.29, 1.82) is 0 Å². The van der Waals surface area contributed by atoms with E-state index in [1.54, 1.807) is 0 Å². The zero-order valence-corrected chi connectivity index (χ0v) is 11.3. The smallest absolute Gasteiger partial charge is 0.308 e. The molecule has 4 nitrogen and oxygen atoms in total. The monoisotopic (exact) mass is 263 g/mol. The van der Waals surface area contributed by atoms with Crippen LogP contribution in [0.4, 0.5) is 0 Å². The molecule has 1 aromatic carbocycles. The van der Waals surface area contributed by atoms with Gasteiger partial charge in [-0.3, -0.25) is 4.79 Å².